The lowest BCUT2D eigenvalue weighted by Crippen LogP contribution is -2.37. The van der Waals surface area contributed by atoms with Crippen LogP contribution in [-0.4, -0.2) is 57.0 Å². The second kappa shape index (κ2) is 6.77. The number of carbonyl (C=O) groups excluding carboxylic acids is 1. The van der Waals surface area contributed by atoms with Gasteiger partial charge in [0.1, 0.15) is 12.4 Å². The number of nitrogens with zero attached hydrogens (tertiary/aromatic N) is 4. The number of rotatable bonds is 4. The normalized spacial score (nSPS) is 22.5. The average Bonchev–Trinajstić information content (AvgIpc) is 3.28. The molecule has 138 valence electrons. The van der Waals surface area contributed by atoms with Crippen molar-refractivity contribution in [3.8, 4) is 0 Å². The summed E-state index contributed by atoms with van der Waals surface area (Å²) in [6.45, 7) is 2.44. The van der Waals surface area contributed by atoms with Gasteiger partial charge in [-0.1, -0.05) is 12.1 Å². The van der Waals surface area contributed by atoms with E-state index in [1.54, 1.807) is 17.0 Å². The molecule has 0 bridgehead atoms. The summed E-state index contributed by atoms with van der Waals surface area (Å²) in [7, 11) is 0. The van der Waals surface area contributed by atoms with Crippen LogP contribution in [0.1, 0.15) is 28.4 Å². The largest absolute Gasteiger partial charge is 0.396 e. The molecule has 0 spiro atoms. The first-order chi connectivity index (χ1) is 12.6. The van der Waals surface area contributed by atoms with Crippen molar-refractivity contribution >= 4 is 5.91 Å². The van der Waals surface area contributed by atoms with Gasteiger partial charge in [-0.25, -0.2) is 4.39 Å². The molecule has 1 atom stereocenters. The Balaban J connectivity index is 1.50. The molecule has 3 heterocycles. The van der Waals surface area contributed by atoms with E-state index in [4.69, 9.17) is 4.74 Å². The van der Waals surface area contributed by atoms with E-state index in [0.717, 1.165) is 5.56 Å². The molecule has 1 saturated heterocycles. The average molecular weight is 360 g/mol. The zero-order valence-electron chi connectivity index (χ0n) is 14.4. The summed E-state index contributed by atoms with van der Waals surface area (Å²) in [6, 6.07) is 6.30. The van der Waals surface area contributed by atoms with Gasteiger partial charge >= 0.3 is 0 Å². The minimum Gasteiger partial charge on any atom is -0.396 e. The Bertz CT molecular complexity index is 807. The van der Waals surface area contributed by atoms with Gasteiger partial charge in [0.2, 0.25) is 5.82 Å². The molecular weight excluding hydrogens is 339 g/mol. The SMILES string of the molecule is O=C(c1nnc2n1CCOC2)N1CCC(CO)(Cc2ccc(F)cc2)C1. The van der Waals surface area contributed by atoms with E-state index in [1.165, 1.54) is 12.1 Å². The van der Waals surface area contributed by atoms with Crippen molar-refractivity contribution in [1.82, 2.24) is 19.7 Å². The van der Waals surface area contributed by atoms with Crippen molar-refractivity contribution in [3.05, 3.63) is 47.3 Å². The molecule has 1 aromatic heterocycles. The molecular formula is C18H21FN4O3. The zero-order valence-corrected chi connectivity index (χ0v) is 14.4. The standard InChI is InChI=1S/C18H21FN4O3/c19-14-3-1-13(2-4-14)9-18(12-24)5-6-22(11-18)17(25)16-21-20-15-10-26-8-7-23(15)16/h1-4,24H,5-12H2. The number of hydrogen-bond acceptors (Lipinski definition) is 5. The zero-order chi connectivity index (χ0) is 18.1. The predicted molar refractivity (Wildman–Crippen MR) is 89.8 cm³/mol. The molecule has 1 aromatic carbocycles. The summed E-state index contributed by atoms with van der Waals surface area (Å²) >= 11 is 0. The number of ether oxygens (including phenoxy) is 1. The summed E-state index contributed by atoms with van der Waals surface area (Å²) in [6.07, 6.45) is 1.29. The summed E-state index contributed by atoms with van der Waals surface area (Å²) in [5, 5.41) is 18.1. The Hall–Kier alpha value is -2.32. The maximum atomic E-state index is 13.1. The van der Waals surface area contributed by atoms with Crippen LogP contribution >= 0.6 is 0 Å². The molecule has 4 rings (SSSR count). The minimum atomic E-state index is -0.415. The van der Waals surface area contributed by atoms with Crippen molar-refractivity contribution < 1.29 is 19.0 Å². The van der Waals surface area contributed by atoms with Crippen LogP contribution in [0.3, 0.4) is 0 Å². The molecule has 1 unspecified atom stereocenters. The van der Waals surface area contributed by atoms with Crippen LogP contribution in [0.2, 0.25) is 0 Å². The second-order valence-electron chi connectivity index (χ2n) is 7.08. The van der Waals surface area contributed by atoms with Gasteiger partial charge in [-0.3, -0.25) is 4.79 Å². The fraction of sp³-hybridized carbons (Fsp3) is 0.500. The van der Waals surface area contributed by atoms with Gasteiger partial charge < -0.3 is 19.3 Å². The van der Waals surface area contributed by atoms with E-state index in [9.17, 15) is 14.3 Å². The molecule has 0 aliphatic carbocycles. The van der Waals surface area contributed by atoms with Crippen molar-refractivity contribution in [1.29, 1.82) is 0 Å². The van der Waals surface area contributed by atoms with Gasteiger partial charge in [-0.15, -0.1) is 10.2 Å². The Morgan fingerprint density at radius 1 is 1.27 bits per heavy atom. The molecule has 1 amide bonds. The van der Waals surface area contributed by atoms with Gasteiger partial charge in [-0.05, 0) is 30.5 Å². The number of amides is 1. The number of benzene rings is 1. The smallest absolute Gasteiger partial charge is 0.291 e. The Morgan fingerprint density at radius 2 is 2.08 bits per heavy atom. The third kappa shape index (κ3) is 3.10. The highest BCUT2D eigenvalue weighted by Gasteiger charge is 2.41. The molecule has 2 aromatic rings. The van der Waals surface area contributed by atoms with E-state index >= 15 is 0 Å². The van der Waals surface area contributed by atoms with E-state index in [-0.39, 0.29) is 18.3 Å². The Kier molecular flexibility index (Phi) is 4.46. The van der Waals surface area contributed by atoms with Crippen LogP contribution in [0, 0.1) is 11.2 Å². The fourth-order valence-electron chi connectivity index (χ4n) is 3.77. The van der Waals surface area contributed by atoms with Crippen molar-refractivity contribution in [2.24, 2.45) is 5.41 Å². The third-order valence-corrected chi connectivity index (χ3v) is 5.26. The van der Waals surface area contributed by atoms with Crippen LogP contribution in [-0.2, 0) is 24.3 Å². The number of likely N-dealkylation sites (tertiary alicyclic amines) is 1. The van der Waals surface area contributed by atoms with Gasteiger partial charge in [0.05, 0.1) is 13.2 Å². The molecule has 2 aliphatic rings. The Labute approximate surface area is 150 Å². The van der Waals surface area contributed by atoms with Gasteiger partial charge in [0.25, 0.3) is 5.91 Å². The molecule has 7 nitrogen and oxygen atoms in total. The number of fused-ring (bicyclic) bond motifs is 1. The highest BCUT2D eigenvalue weighted by atomic mass is 19.1. The van der Waals surface area contributed by atoms with Crippen LogP contribution in [0.25, 0.3) is 0 Å². The molecule has 0 saturated carbocycles. The number of halogens is 1. The topological polar surface area (TPSA) is 80.5 Å². The van der Waals surface area contributed by atoms with Gasteiger partial charge in [-0.2, -0.15) is 0 Å². The van der Waals surface area contributed by atoms with Gasteiger partial charge in [0.15, 0.2) is 5.82 Å². The molecule has 26 heavy (non-hydrogen) atoms. The fourth-order valence-corrected chi connectivity index (χ4v) is 3.77. The van der Waals surface area contributed by atoms with Crippen LogP contribution in [0.5, 0.6) is 0 Å². The first-order valence-corrected chi connectivity index (χ1v) is 8.75. The lowest BCUT2D eigenvalue weighted by atomic mass is 9.81. The maximum absolute atomic E-state index is 13.1. The number of aromatic nitrogens is 3. The van der Waals surface area contributed by atoms with Crippen molar-refractivity contribution in [2.75, 3.05) is 26.3 Å². The molecule has 0 radical (unpaired) electrons. The maximum Gasteiger partial charge on any atom is 0.291 e. The molecule has 8 heteroatoms. The summed E-state index contributed by atoms with van der Waals surface area (Å²) in [5.41, 5.74) is 0.535. The third-order valence-electron chi connectivity index (χ3n) is 5.26. The summed E-state index contributed by atoms with van der Waals surface area (Å²) < 4.78 is 20.3. The number of carbonyl (C=O) groups is 1. The second-order valence-corrected chi connectivity index (χ2v) is 7.08. The minimum absolute atomic E-state index is 0.0278. The lowest BCUT2D eigenvalue weighted by molar-refractivity contribution is 0.0676. The first kappa shape index (κ1) is 17.1. The van der Waals surface area contributed by atoms with E-state index in [0.29, 0.717) is 57.3 Å². The highest BCUT2D eigenvalue weighted by Crippen LogP contribution is 2.34. The van der Waals surface area contributed by atoms with E-state index in [1.807, 2.05) is 4.57 Å². The highest BCUT2D eigenvalue weighted by molar-refractivity contribution is 5.91. The van der Waals surface area contributed by atoms with Gasteiger partial charge in [0, 0.05) is 25.0 Å². The van der Waals surface area contributed by atoms with Crippen LogP contribution in [0.15, 0.2) is 24.3 Å². The Morgan fingerprint density at radius 3 is 2.85 bits per heavy atom. The monoisotopic (exact) mass is 360 g/mol. The number of aliphatic hydroxyl groups excluding tert-OH is 1. The quantitative estimate of drug-likeness (QED) is 0.880. The predicted octanol–water partition coefficient (Wildman–Crippen LogP) is 1.01. The van der Waals surface area contributed by atoms with Crippen LogP contribution < -0.4 is 0 Å². The van der Waals surface area contributed by atoms with E-state index in [2.05, 4.69) is 10.2 Å². The molecule has 1 N–H and O–H groups in total. The molecule has 1 fully saturated rings. The number of aliphatic hydroxyl groups is 1. The van der Waals surface area contributed by atoms with Crippen LogP contribution in [0.4, 0.5) is 4.39 Å². The first-order valence-electron chi connectivity index (χ1n) is 8.75. The lowest BCUT2D eigenvalue weighted by Gasteiger charge is -2.27. The van der Waals surface area contributed by atoms with E-state index < -0.39 is 5.41 Å². The summed E-state index contributed by atoms with van der Waals surface area (Å²) in [5.74, 6) is 0.549. The summed E-state index contributed by atoms with van der Waals surface area (Å²) in [4.78, 5) is 14.6. The van der Waals surface area contributed by atoms with Crippen molar-refractivity contribution in [2.45, 2.75) is 26.0 Å². The molecule has 2 aliphatic heterocycles. The number of hydrogen-bond donors (Lipinski definition) is 1. The van der Waals surface area contributed by atoms with Crippen molar-refractivity contribution in [3.63, 3.8) is 0 Å².